The van der Waals surface area contributed by atoms with Gasteiger partial charge in [0.15, 0.2) is 5.82 Å². The van der Waals surface area contributed by atoms with Crippen molar-refractivity contribution in [3.05, 3.63) is 87.0 Å². The van der Waals surface area contributed by atoms with Gasteiger partial charge in [-0.2, -0.15) is 0 Å². The molecule has 0 radical (unpaired) electrons. The van der Waals surface area contributed by atoms with Crippen LogP contribution >= 0.6 is 0 Å². The van der Waals surface area contributed by atoms with Gasteiger partial charge in [-0.3, -0.25) is 9.69 Å². The minimum Gasteiger partial charge on any atom is -0.321 e. The molecular formula is C30H38N6O. The van der Waals surface area contributed by atoms with Crippen molar-refractivity contribution in [3.8, 4) is 0 Å². The molecule has 1 atom stereocenters. The van der Waals surface area contributed by atoms with Crippen molar-refractivity contribution >= 4 is 10.9 Å². The summed E-state index contributed by atoms with van der Waals surface area (Å²) in [5, 5.41) is 14.1. The molecule has 0 amide bonds. The van der Waals surface area contributed by atoms with Crippen LogP contribution in [0.25, 0.3) is 10.9 Å². The number of aromatic amines is 1. The normalized spacial score (nSPS) is 15.3. The SMILES string of the molecule is Cc1ccc2cc(CN(C3CCCC3)C(c3nnnn3CCc3ccccc3)C(C)C)c(=O)[nH]c2c1C. The van der Waals surface area contributed by atoms with Gasteiger partial charge in [0.05, 0.1) is 11.6 Å². The number of fused-ring (bicyclic) bond motifs is 1. The molecule has 5 rings (SSSR count). The minimum atomic E-state index is -0.00428. The number of H-pyrrole nitrogens is 1. The molecule has 1 saturated carbocycles. The fourth-order valence-electron chi connectivity index (χ4n) is 5.87. The predicted molar refractivity (Wildman–Crippen MR) is 147 cm³/mol. The molecule has 0 bridgehead atoms. The number of hydrogen-bond donors (Lipinski definition) is 1. The van der Waals surface area contributed by atoms with Crippen LogP contribution in [0, 0.1) is 19.8 Å². The molecule has 1 aliphatic rings. The van der Waals surface area contributed by atoms with Gasteiger partial charge < -0.3 is 4.98 Å². The zero-order chi connectivity index (χ0) is 25.9. The lowest BCUT2D eigenvalue weighted by atomic mass is 9.97. The summed E-state index contributed by atoms with van der Waals surface area (Å²) in [5.41, 5.74) is 5.32. The van der Waals surface area contributed by atoms with Crippen LogP contribution in [0.1, 0.15) is 73.7 Å². The second kappa shape index (κ2) is 11.0. The fraction of sp³-hybridized carbons (Fsp3) is 0.467. The van der Waals surface area contributed by atoms with Crippen molar-refractivity contribution in [2.75, 3.05) is 0 Å². The largest absolute Gasteiger partial charge is 0.321 e. The predicted octanol–water partition coefficient (Wildman–Crippen LogP) is 5.52. The fourth-order valence-corrected chi connectivity index (χ4v) is 5.87. The highest BCUT2D eigenvalue weighted by Crippen LogP contribution is 2.36. The lowest BCUT2D eigenvalue weighted by molar-refractivity contribution is 0.0840. The molecule has 0 aliphatic heterocycles. The van der Waals surface area contributed by atoms with Crippen LogP contribution in [0.5, 0.6) is 0 Å². The summed E-state index contributed by atoms with van der Waals surface area (Å²) in [6.07, 6.45) is 5.59. The first kappa shape index (κ1) is 25.3. The second-order valence-electron chi connectivity index (χ2n) is 10.9. The highest BCUT2D eigenvalue weighted by Gasteiger charge is 2.35. The summed E-state index contributed by atoms with van der Waals surface area (Å²) in [5.74, 6) is 1.17. The maximum atomic E-state index is 13.3. The van der Waals surface area contributed by atoms with Crippen LogP contribution in [-0.2, 0) is 19.5 Å². The Kier molecular flexibility index (Phi) is 7.51. The summed E-state index contributed by atoms with van der Waals surface area (Å²) < 4.78 is 1.97. The van der Waals surface area contributed by atoms with Crippen LogP contribution in [0.4, 0.5) is 0 Å². The minimum absolute atomic E-state index is 0.00428. The van der Waals surface area contributed by atoms with Gasteiger partial charge >= 0.3 is 0 Å². The first-order chi connectivity index (χ1) is 17.9. The van der Waals surface area contributed by atoms with E-state index in [1.54, 1.807) is 0 Å². The number of pyridine rings is 1. The first-order valence-electron chi connectivity index (χ1n) is 13.6. The summed E-state index contributed by atoms with van der Waals surface area (Å²) in [6, 6.07) is 17.2. The molecule has 1 fully saturated rings. The molecule has 7 nitrogen and oxygen atoms in total. The molecule has 0 saturated heterocycles. The number of aromatic nitrogens is 5. The van der Waals surface area contributed by atoms with Crippen LogP contribution < -0.4 is 5.56 Å². The van der Waals surface area contributed by atoms with E-state index in [0.29, 0.717) is 12.6 Å². The maximum Gasteiger partial charge on any atom is 0.252 e. The van der Waals surface area contributed by atoms with Crippen LogP contribution in [0.3, 0.4) is 0 Å². The Balaban J connectivity index is 1.49. The molecule has 0 spiro atoms. The molecular weight excluding hydrogens is 460 g/mol. The van der Waals surface area contributed by atoms with E-state index in [1.165, 1.54) is 24.0 Å². The van der Waals surface area contributed by atoms with E-state index >= 15 is 0 Å². The standard InChI is InChI=1S/C30H38N6O/c1-20(2)28(29-32-33-34-36(29)17-16-23-10-6-5-7-11-23)35(26-12-8-9-13-26)19-25-18-24-15-14-21(3)22(4)27(24)31-30(25)37/h5-7,10-11,14-15,18,20,26,28H,8-9,12-13,16-17,19H2,1-4H3,(H,31,37). The number of benzene rings is 2. The van der Waals surface area contributed by atoms with Gasteiger partial charge in [0.25, 0.3) is 5.56 Å². The van der Waals surface area contributed by atoms with Gasteiger partial charge in [-0.1, -0.05) is 69.2 Å². The lowest BCUT2D eigenvalue weighted by Gasteiger charge is -2.38. The molecule has 1 N–H and O–H groups in total. The van der Waals surface area contributed by atoms with Gasteiger partial charge in [-0.25, -0.2) is 4.68 Å². The van der Waals surface area contributed by atoms with Gasteiger partial charge in [0, 0.05) is 24.7 Å². The van der Waals surface area contributed by atoms with Gasteiger partial charge in [-0.05, 0) is 77.6 Å². The van der Waals surface area contributed by atoms with E-state index in [1.807, 2.05) is 10.7 Å². The summed E-state index contributed by atoms with van der Waals surface area (Å²) in [4.78, 5) is 19.0. The average Bonchev–Trinajstić information content (AvgIpc) is 3.59. The highest BCUT2D eigenvalue weighted by atomic mass is 16.1. The number of nitrogens with zero attached hydrogens (tertiary/aromatic N) is 5. The third-order valence-electron chi connectivity index (χ3n) is 8.04. The molecule has 1 aliphatic carbocycles. The van der Waals surface area contributed by atoms with Crippen molar-refractivity contribution in [2.45, 2.75) is 85.0 Å². The number of nitrogens with one attached hydrogen (secondary N) is 1. The zero-order valence-electron chi connectivity index (χ0n) is 22.4. The Labute approximate surface area is 218 Å². The van der Waals surface area contributed by atoms with Gasteiger partial charge in [0.1, 0.15) is 0 Å². The molecule has 4 aromatic rings. The van der Waals surface area contributed by atoms with Gasteiger partial charge in [0.2, 0.25) is 0 Å². The van der Waals surface area contributed by atoms with Crippen molar-refractivity contribution in [1.82, 2.24) is 30.1 Å². The quantitative estimate of drug-likeness (QED) is 0.329. The van der Waals surface area contributed by atoms with Crippen molar-refractivity contribution in [2.24, 2.45) is 5.92 Å². The molecule has 2 heterocycles. The Morgan fingerprint density at radius 3 is 2.57 bits per heavy atom. The number of tetrazole rings is 1. The van der Waals surface area contributed by atoms with E-state index in [2.05, 4.69) is 95.6 Å². The Hall–Kier alpha value is -3.32. The lowest BCUT2D eigenvalue weighted by Crippen LogP contribution is -2.41. The number of rotatable bonds is 9. The monoisotopic (exact) mass is 498 g/mol. The van der Waals surface area contributed by atoms with Crippen molar-refractivity contribution < 1.29 is 0 Å². The van der Waals surface area contributed by atoms with Crippen molar-refractivity contribution in [3.63, 3.8) is 0 Å². The third kappa shape index (κ3) is 5.37. The van der Waals surface area contributed by atoms with E-state index in [-0.39, 0.29) is 17.5 Å². The molecule has 2 aromatic heterocycles. The Morgan fingerprint density at radius 1 is 1.08 bits per heavy atom. The van der Waals surface area contributed by atoms with E-state index in [0.717, 1.165) is 53.7 Å². The van der Waals surface area contributed by atoms with Crippen LogP contribution in [0.15, 0.2) is 53.3 Å². The zero-order valence-corrected chi connectivity index (χ0v) is 22.4. The van der Waals surface area contributed by atoms with Crippen LogP contribution in [-0.4, -0.2) is 36.1 Å². The molecule has 2 aromatic carbocycles. The molecule has 7 heteroatoms. The Bertz CT molecular complexity index is 1400. The Morgan fingerprint density at radius 2 is 1.84 bits per heavy atom. The maximum absolute atomic E-state index is 13.3. The number of aryl methyl sites for hydroxylation is 4. The van der Waals surface area contributed by atoms with Gasteiger partial charge in [-0.15, -0.1) is 5.10 Å². The third-order valence-corrected chi connectivity index (χ3v) is 8.04. The molecule has 194 valence electrons. The van der Waals surface area contributed by atoms with E-state index in [4.69, 9.17) is 0 Å². The number of hydrogen-bond acceptors (Lipinski definition) is 5. The summed E-state index contributed by atoms with van der Waals surface area (Å²) >= 11 is 0. The summed E-state index contributed by atoms with van der Waals surface area (Å²) in [7, 11) is 0. The van der Waals surface area contributed by atoms with Crippen LogP contribution in [0.2, 0.25) is 0 Å². The molecule has 37 heavy (non-hydrogen) atoms. The van der Waals surface area contributed by atoms with E-state index in [9.17, 15) is 4.79 Å². The van der Waals surface area contributed by atoms with Crippen molar-refractivity contribution in [1.29, 1.82) is 0 Å². The topological polar surface area (TPSA) is 79.7 Å². The van der Waals surface area contributed by atoms with E-state index < -0.39 is 0 Å². The summed E-state index contributed by atoms with van der Waals surface area (Å²) in [6.45, 7) is 9.93. The second-order valence-corrected chi connectivity index (χ2v) is 10.9. The highest BCUT2D eigenvalue weighted by molar-refractivity contribution is 5.83. The first-order valence-corrected chi connectivity index (χ1v) is 13.6. The molecule has 1 unspecified atom stereocenters. The smallest absolute Gasteiger partial charge is 0.252 e. The average molecular weight is 499 g/mol.